The molecular formula is C14H17N3O. The van der Waals surface area contributed by atoms with Crippen molar-refractivity contribution in [2.75, 3.05) is 0 Å². The smallest absolute Gasteiger partial charge is 0.258 e. The summed E-state index contributed by atoms with van der Waals surface area (Å²) in [7, 11) is 0. The molecule has 4 nitrogen and oxygen atoms in total. The minimum atomic E-state index is -0.0553. The van der Waals surface area contributed by atoms with E-state index in [-0.39, 0.29) is 5.56 Å². The molecule has 1 fully saturated rings. The fraction of sp³-hybridized carbons (Fsp3) is 0.429. The van der Waals surface area contributed by atoms with Gasteiger partial charge in [-0.15, -0.1) is 0 Å². The van der Waals surface area contributed by atoms with Gasteiger partial charge in [0, 0.05) is 6.04 Å². The minimum absolute atomic E-state index is 0.0553. The van der Waals surface area contributed by atoms with E-state index in [1.54, 1.807) is 6.07 Å². The molecule has 2 aromatic rings. The molecule has 4 heteroatoms. The van der Waals surface area contributed by atoms with Crippen LogP contribution in [-0.2, 0) is 6.54 Å². The highest BCUT2D eigenvalue weighted by Gasteiger charge is 2.34. The van der Waals surface area contributed by atoms with Crippen molar-refractivity contribution < 1.29 is 0 Å². The van der Waals surface area contributed by atoms with Crippen molar-refractivity contribution in [2.24, 2.45) is 5.92 Å². The summed E-state index contributed by atoms with van der Waals surface area (Å²) in [4.78, 5) is 19.2. The summed E-state index contributed by atoms with van der Waals surface area (Å²) in [6.07, 6.45) is 2.47. The minimum Gasteiger partial charge on any atom is -0.309 e. The first-order valence-electron chi connectivity index (χ1n) is 6.49. The highest BCUT2D eigenvalue weighted by molar-refractivity contribution is 5.77. The zero-order valence-electron chi connectivity index (χ0n) is 10.4. The van der Waals surface area contributed by atoms with E-state index in [9.17, 15) is 4.79 Å². The molecule has 2 atom stereocenters. The number of aromatic nitrogens is 2. The fourth-order valence-corrected chi connectivity index (χ4v) is 2.40. The summed E-state index contributed by atoms with van der Waals surface area (Å²) < 4.78 is 0. The summed E-state index contributed by atoms with van der Waals surface area (Å²) in [6.45, 7) is 2.85. The van der Waals surface area contributed by atoms with Gasteiger partial charge in [-0.2, -0.15) is 0 Å². The Balaban J connectivity index is 1.78. The molecule has 0 amide bonds. The van der Waals surface area contributed by atoms with Crippen LogP contribution in [0.2, 0.25) is 0 Å². The Kier molecular flexibility index (Phi) is 2.88. The van der Waals surface area contributed by atoms with E-state index in [2.05, 4.69) is 22.2 Å². The fourth-order valence-electron chi connectivity index (χ4n) is 2.40. The number of benzene rings is 1. The summed E-state index contributed by atoms with van der Waals surface area (Å²) in [5.41, 5.74) is 0.709. The Labute approximate surface area is 105 Å². The number of fused-ring (bicyclic) bond motifs is 1. The van der Waals surface area contributed by atoms with Crippen molar-refractivity contribution in [1.29, 1.82) is 0 Å². The number of aromatic amines is 1. The highest BCUT2D eigenvalue weighted by atomic mass is 16.1. The van der Waals surface area contributed by atoms with Crippen LogP contribution in [0, 0.1) is 5.92 Å². The van der Waals surface area contributed by atoms with Crippen LogP contribution in [0.1, 0.15) is 25.6 Å². The van der Waals surface area contributed by atoms with E-state index < -0.39 is 0 Å². The molecule has 0 spiro atoms. The lowest BCUT2D eigenvalue weighted by Gasteiger charge is -2.04. The van der Waals surface area contributed by atoms with Crippen LogP contribution in [0.3, 0.4) is 0 Å². The van der Waals surface area contributed by atoms with Gasteiger partial charge in [0.1, 0.15) is 5.82 Å². The van der Waals surface area contributed by atoms with Gasteiger partial charge in [0.25, 0.3) is 5.56 Å². The summed E-state index contributed by atoms with van der Waals surface area (Å²) in [6, 6.07) is 8.03. The molecule has 0 saturated heterocycles. The largest absolute Gasteiger partial charge is 0.309 e. The normalized spacial score (nSPS) is 22.3. The quantitative estimate of drug-likeness (QED) is 0.861. The second kappa shape index (κ2) is 4.53. The monoisotopic (exact) mass is 243 g/mol. The van der Waals surface area contributed by atoms with Gasteiger partial charge in [-0.25, -0.2) is 4.98 Å². The lowest BCUT2D eigenvalue weighted by atomic mass is 10.2. The Hall–Kier alpha value is -1.68. The molecule has 2 unspecified atom stereocenters. The van der Waals surface area contributed by atoms with E-state index in [1.165, 1.54) is 12.8 Å². The lowest BCUT2D eigenvalue weighted by molar-refractivity contribution is 0.606. The van der Waals surface area contributed by atoms with Gasteiger partial charge in [0.15, 0.2) is 0 Å². The molecule has 1 aromatic heterocycles. The van der Waals surface area contributed by atoms with Crippen molar-refractivity contribution in [3.8, 4) is 0 Å². The lowest BCUT2D eigenvalue weighted by Crippen LogP contribution is -2.22. The SMILES string of the molecule is CCC1CC1NCc1nc2ccccc2c(=O)[nH]1. The zero-order valence-corrected chi connectivity index (χ0v) is 10.4. The van der Waals surface area contributed by atoms with Gasteiger partial charge < -0.3 is 10.3 Å². The van der Waals surface area contributed by atoms with Gasteiger partial charge >= 0.3 is 0 Å². The third-order valence-electron chi connectivity index (χ3n) is 3.64. The third-order valence-corrected chi connectivity index (χ3v) is 3.64. The molecule has 3 rings (SSSR count). The molecule has 2 N–H and O–H groups in total. The van der Waals surface area contributed by atoms with Crippen LogP contribution in [-0.4, -0.2) is 16.0 Å². The van der Waals surface area contributed by atoms with Crippen LogP contribution in [0.4, 0.5) is 0 Å². The van der Waals surface area contributed by atoms with Crippen LogP contribution < -0.4 is 10.9 Å². The summed E-state index contributed by atoms with van der Waals surface area (Å²) >= 11 is 0. The summed E-state index contributed by atoms with van der Waals surface area (Å²) in [5.74, 6) is 1.53. The first-order valence-corrected chi connectivity index (χ1v) is 6.49. The molecule has 1 aromatic carbocycles. The number of H-pyrrole nitrogens is 1. The molecule has 0 bridgehead atoms. The van der Waals surface area contributed by atoms with Gasteiger partial charge in [0.05, 0.1) is 17.4 Å². The van der Waals surface area contributed by atoms with Gasteiger partial charge in [-0.05, 0) is 24.5 Å². The van der Waals surface area contributed by atoms with Crippen molar-refractivity contribution in [3.63, 3.8) is 0 Å². The van der Waals surface area contributed by atoms with Crippen molar-refractivity contribution >= 4 is 10.9 Å². The average molecular weight is 243 g/mol. The van der Waals surface area contributed by atoms with Crippen molar-refractivity contribution in [1.82, 2.24) is 15.3 Å². The van der Waals surface area contributed by atoms with E-state index in [0.29, 0.717) is 18.0 Å². The Bertz CT molecular complexity index is 620. The number of para-hydroxylation sites is 1. The maximum atomic E-state index is 11.9. The topological polar surface area (TPSA) is 57.8 Å². The predicted octanol–water partition coefficient (Wildman–Crippen LogP) is 1.81. The Morgan fingerprint density at radius 3 is 3.06 bits per heavy atom. The first-order chi connectivity index (χ1) is 8.78. The average Bonchev–Trinajstić information content (AvgIpc) is 3.15. The van der Waals surface area contributed by atoms with Crippen LogP contribution in [0.5, 0.6) is 0 Å². The second-order valence-corrected chi connectivity index (χ2v) is 4.92. The first kappa shape index (κ1) is 11.4. The zero-order chi connectivity index (χ0) is 12.5. The molecule has 1 saturated carbocycles. The third kappa shape index (κ3) is 2.16. The number of nitrogens with one attached hydrogen (secondary N) is 2. The van der Waals surface area contributed by atoms with Crippen molar-refractivity contribution in [3.05, 3.63) is 40.4 Å². The van der Waals surface area contributed by atoms with E-state index in [1.807, 2.05) is 18.2 Å². The predicted molar refractivity (Wildman–Crippen MR) is 71.4 cm³/mol. The van der Waals surface area contributed by atoms with Crippen LogP contribution in [0.25, 0.3) is 10.9 Å². The molecule has 1 heterocycles. The van der Waals surface area contributed by atoms with Crippen LogP contribution >= 0.6 is 0 Å². The standard InChI is InChI=1S/C14H17N3O/c1-2-9-7-12(9)15-8-13-16-11-6-4-3-5-10(11)14(18)17-13/h3-6,9,12,15H,2,7-8H2,1H3,(H,16,17,18). The van der Waals surface area contributed by atoms with Gasteiger partial charge in [-0.1, -0.05) is 25.5 Å². The molecule has 0 aliphatic heterocycles. The molecular weight excluding hydrogens is 226 g/mol. The van der Waals surface area contributed by atoms with E-state index in [0.717, 1.165) is 17.3 Å². The van der Waals surface area contributed by atoms with Crippen LogP contribution in [0.15, 0.2) is 29.1 Å². The number of nitrogens with zero attached hydrogens (tertiary/aromatic N) is 1. The van der Waals surface area contributed by atoms with Gasteiger partial charge in [-0.3, -0.25) is 4.79 Å². The molecule has 1 aliphatic rings. The highest BCUT2D eigenvalue weighted by Crippen LogP contribution is 2.33. The maximum Gasteiger partial charge on any atom is 0.258 e. The summed E-state index contributed by atoms with van der Waals surface area (Å²) in [5, 5.41) is 4.09. The second-order valence-electron chi connectivity index (χ2n) is 4.92. The van der Waals surface area contributed by atoms with Gasteiger partial charge in [0.2, 0.25) is 0 Å². The van der Waals surface area contributed by atoms with E-state index in [4.69, 9.17) is 0 Å². The number of rotatable bonds is 4. The van der Waals surface area contributed by atoms with E-state index >= 15 is 0 Å². The number of hydrogen-bond donors (Lipinski definition) is 2. The Morgan fingerprint density at radius 2 is 2.28 bits per heavy atom. The molecule has 0 radical (unpaired) electrons. The number of hydrogen-bond acceptors (Lipinski definition) is 3. The van der Waals surface area contributed by atoms with Crippen molar-refractivity contribution in [2.45, 2.75) is 32.4 Å². The molecule has 1 aliphatic carbocycles. The molecule has 18 heavy (non-hydrogen) atoms. The Morgan fingerprint density at radius 1 is 1.44 bits per heavy atom. The molecule has 94 valence electrons. The maximum absolute atomic E-state index is 11.9.